The van der Waals surface area contributed by atoms with Gasteiger partial charge in [-0.15, -0.1) is 0 Å². The van der Waals surface area contributed by atoms with Gasteiger partial charge in [0.15, 0.2) is 5.78 Å². The van der Waals surface area contributed by atoms with Crippen molar-refractivity contribution in [2.45, 2.75) is 26.7 Å². The van der Waals surface area contributed by atoms with E-state index in [0.717, 1.165) is 6.42 Å². The average Bonchev–Trinajstić information content (AvgIpc) is 2.41. The Morgan fingerprint density at radius 2 is 2.07 bits per heavy atom. The van der Waals surface area contributed by atoms with Crippen molar-refractivity contribution in [3.05, 3.63) is 0 Å². The Morgan fingerprint density at radius 1 is 1.40 bits per heavy atom. The Labute approximate surface area is 90.6 Å². The molecule has 0 atom stereocenters. The van der Waals surface area contributed by atoms with Gasteiger partial charge >= 0.3 is 0 Å². The number of rotatable bonds is 5. The minimum Gasteiger partial charge on any atom is -0.385 e. The summed E-state index contributed by atoms with van der Waals surface area (Å²) < 4.78 is 5.02. The second kappa shape index (κ2) is 4.75. The summed E-state index contributed by atoms with van der Waals surface area (Å²) in [5, 5.41) is 0. The van der Waals surface area contributed by atoms with Gasteiger partial charge in [-0.1, -0.05) is 13.8 Å². The molecule has 0 spiro atoms. The van der Waals surface area contributed by atoms with Crippen molar-refractivity contribution in [3.63, 3.8) is 0 Å². The van der Waals surface area contributed by atoms with E-state index in [-0.39, 0.29) is 30.1 Å². The summed E-state index contributed by atoms with van der Waals surface area (Å²) in [7, 11) is 1.67. The number of hydrogen-bond acceptors (Lipinski definition) is 3. The molecular formula is C11H19NO3. The number of carbonyl (C=O) groups excluding carboxylic acids is 2. The molecule has 0 aromatic heterocycles. The topological polar surface area (TPSA) is 46.6 Å². The molecular weight excluding hydrogens is 194 g/mol. The van der Waals surface area contributed by atoms with E-state index in [9.17, 15) is 9.59 Å². The van der Waals surface area contributed by atoms with Gasteiger partial charge in [0.1, 0.15) is 0 Å². The van der Waals surface area contributed by atoms with E-state index < -0.39 is 0 Å². The standard InChI is InChI=1S/C11H19NO3/c1-11(2,4-5-15-3)8-12-7-9(13)6-10(12)14/h4-8H2,1-3H3. The number of nitrogens with zero attached hydrogens (tertiary/aromatic N) is 1. The lowest BCUT2D eigenvalue weighted by molar-refractivity contribution is -0.129. The molecule has 1 fully saturated rings. The maximum absolute atomic E-state index is 11.4. The van der Waals surface area contributed by atoms with Gasteiger partial charge in [0.2, 0.25) is 5.91 Å². The molecule has 0 aromatic rings. The Morgan fingerprint density at radius 3 is 2.53 bits per heavy atom. The molecule has 4 heteroatoms. The zero-order chi connectivity index (χ0) is 11.5. The maximum atomic E-state index is 11.4. The Kier molecular flexibility index (Phi) is 3.85. The highest BCUT2D eigenvalue weighted by Crippen LogP contribution is 2.23. The number of carbonyl (C=O) groups is 2. The third kappa shape index (κ3) is 3.63. The van der Waals surface area contributed by atoms with Crippen molar-refractivity contribution in [2.24, 2.45) is 5.41 Å². The number of ketones is 1. The number of likely N-dealkylation sites (tertiary alicyclic amines) is 1. The van der Waals surface area contributed by atoms with Crippen molar-refractivity contribution in [1.82, 2.24) is 4.90 Å². The van der Waals surface area contributed by atoms with Gasteiger partial charge in [-0.05, 0) is 11.8 Å². The molecule has 1 heterocycles. The van der Waals surface area contributed by atoms with Crippen LogP contribution in [0.15, 0.2) is 0 Å². The Balaban J connectivity index is 2.46. The van der Waals surface area contributed by atoms with Crippen LogP contribution in [0.1, 0.15) is 26.7 Å². The van der Waals surface area contributed by atoms with E-state index in [2.05, 4.69) is 13.8 Å². The zero-order valence-corrected chi connectivity index (χ0v) is 9.71. The van der Waals surface area contributed by atoms with Gasteiger partial charge < -0.3 is 9.64 Å². The first-order valence-electron chi connectivity index (χ1n) is 5.23. The third-order valence-electron chi connectivity index (χ3n) is 2.67. The molecule has 1 saturated heterocycles. The summed E-state index contributed by atoms with van der Waals surface area (Å²) in [6.07, 6.45) is 0.974. The van der Waals surface area contributed by atoms with Crippen LogP contribution >= 0.6 is 0 Å². The van der Waals surface area contributed by atoms with Crippen LogP contribution in [0, 0.1) is 5.41 Å². The van der Waals surface area contributed by atoms with Gasteiger partial charge in [0, 0.05) is 20.3 Å². The van der Waals surface area contributed by atoms with Crippen molar-refractivity contribution in [2.75, 3.05) is 26.8 Å². The summed E-state index contributed by atoms with van der Waals surface area (Å²) >= 11 is 0. The predicted molar refractivity (Wildman–Crippen MR) is 56.5 cm³/mol. The normalized spacial score (nSPS) is 17.7. The van der Waals surface area contributed by atoms with E-state index in [1.807, 2.05) is 0 Å². The van der Waals surface area contributed by atoms with Crippen LogP contribution in [0.3, 0.4) is 0 Å². The first-order valence-corrected chi connectivity index (χ1v) is 5.23. The molecule has 0 bridgehead atoms. The molecule has 0 aromatic carbocycles. The molecule has 1 amide bonds. The van der Waals surface area contributed by atoms with Crippen LogP contribution in [-0.4, -0.2) is 43.4 Å². The smallest absolute Gasteiger partial charge is 0.230 e. The van der Waals surface area contributed by atoms with Gasteiger partial charge in [-0.25, -0.2) is 0 Å². The molecule has 1 aliphatic heterocycles. The Bertz CT molecular complexity index is 261. The molecule has 0 radical (unpaired) electrons. The fourth-order valence-electron chi connectivity index (χ4n) is 1.76. The number of hydrogen-bond donors (Lipinski definition) is 0. The summed E-state index contributed by atoms with van der Waals surface area (Å²) in [5.74, 6) is -0.00645. The van der Waals surface area contributed by atoms with Gasteiger partial charge in [-0.3, -0.25) is 9.59 Å². The fraction of sp³-hybridized carbons (Fsp3) is 0.818. The highest BCUT2D eigenvalue weighted by molar-refractivity contribution is 6.05. The largest absolute Gasteiger partial charge is 0.385 e. The molecule has 15 heavy (non-hydrogen) atoms. The van der Waals surface area contributed by atoms with Crippen LogP contribution in [-0.2, 0) is 14.3 Å². The summed E-state index contributed by atoms with van der Waals surface area (Å²) in [6.45, 7) is 5.78. The van der Waals surface area contributed by atoms with Crippen molar-refractivity contribution in [1.29, 1.82) is 0 Å². The SMILES string of the molecule is COCCC(C)(C)CN1CC(=O)CC1=O. The van der Waals surface area contributed by atoms with Crippen molar-refractivity contribution in [3.8, 4) is 0 Å². The first-order chi connectivity index (χ1) is 6.94. The minimum absolute atomic E-state index is 0.0102. The molecule has 1 aliphatic rings. The van der Waals surface area contributed by atoms with Gasteiger partial charge in [-0.2, -0.15) is 0 Å². The van der Waals surface area contributed by atoms with E-state index in [1.165, 1.54) is 0 Å². The van der Waals surface area contributed by atoms with Crippen molar-refractivity contribution < 1.29 is 14.3 Å². The molecule has 0 unspecified atom stereocenters. The molecule has 0 N–H and O–H groups in total. The quantitative estimate of drug-likeness (QED) is 0.636. The molecule has 86 valence electrons. The first kappa shape index (κ1) is 12.2. The third-order valence-corrected chi connectivity index (χ3v) is 2.67. The van der Waals surface area contributed by atoms with Crippen molar-refractivity contribution >= 4 is 11.7 Å². The van der Waals surface area contributed by atoms with Gasteiger partial charge in [0.05, 0.1) is 13.0 Å². The second-order valence-corrected chi connectivity index (χ2v) is 4.87. The zero-order valence-electron chi connectivity index (χ0n) is 9.71. The van der Waals surface area contributed by atoms with Crippen LogP contribution in [0.4, 0.5) is 0 Å². The molecule has 0 saturated carbocycles. The number of amides is 1. The lowest BCUT2D eigenvalue weighted by Crippen LogP contribution is -2.36. The highest BCUT2D eigenvalue weighted by Gasteiger charge is 2.31. The second-order valence-electron chi connectivity index (χ2n) is 4.87. The summed E-state index contributed by atoms with van der Waals surface area (Å²) in [4.78, 5) is 24.1. The van der Waals surface area contributed by atoms with E-state index in [1.54, 1.807) is 12.0 Å². The highest BCUT2D eigenvalue weighted by atomic mass is 16.5. The lowest BCUT2D eigenvalue weighted by atomic mass is 9.89. The van der Waals surface area contributed by atoms with Crippen LogP contribution < -0.4 is 0 Å². The summed E-state index contributed by atoms with van der Waals surface area (Å²) in [6, 6.07) is 0. The Hall–Kier alpha value is -0.900. The molecule has 4 nitrogen and oxygen atoms in total. The number of Topliss-reactive ketones (excluding diaryl/α,β-unsaturated/α-hetero) is 1. The van der Waals surface area contributed by atoms with Crippen LogP contribution in [0.25, 0.3) is 0 Å². The predicted octanol–water partition coefficient (Wildman–Crippen LogP) is 0.850. The summed E-state index contributed by atoms with van der Waals surface area (Å²) in [5.41, 5.74) is 0.0102. The fourth-order valence-corrected chi connectivity index (χ4v) is 1.76. The van der Waals surface area contributed by atoms with E-state index in [4.69, 9.17) is 4.74 Å². The van der Waals surface area contributed by atoms with E-state index >= 15 is 0 Å². The monoisotopic (exact) mass is 213 g/mol. The molecule has 1 rings (SSSR count). The average molecular weight is 213 g/mol. The van der Waals surface area contributed by atoms with E-state index in [0.29, 0.717) is 13.2 Å². The number of methoxy groups -OCH3 is 1. The minimum atomic E-state index is -0.0366. The van der Waals surface area contributed by atoms with Crippen LogP contribution in [0.2, 0.25) is 0 Å². The molecule has 0 aliphatic carbocycles. The number of ether oxygens (including phenoxy) is 1. The lowest BCUT2D eigenvalue weighted by Gasteiger charge is -2.29. The van der Waals surface area contributed by atoms with Gasteiger partial charge in [0.25, 0.3) is 0 Å². The van der Waals surface area contributed by atoms with Crippen LogP contribution in [0.5, 0.6) is 0 Å². The maximum Gasteiger partial charge on any atom is 0.230 e.